The molecule has 2 aromatic carbocycles. The molecule has 0 aromatic heterocycles. The summed E-state index contributed by atoms with van der Waals surface area (Å²) >= 11 is 0. The lowest BCUT2D eigenvalue weighted by molar-refractivity contribution is -0.297. The molecule has 2 fully saturated rings. The molecule has 0 radical (unpaired) electrons. The molecule has 2 aliphatic rings. The first-order valence-corrected chi connectivity index (χ1v) is 20.2. The number of benzene rings is 2. The third-order valence-corrected chi connectivity index (χ3v) is 13.5. The van der Waals surface area contributed by atoms with Gasteiger partial charge in [-0.15, -0.1) is 0 Å². The van der Waals surface area contributed by atoms with Crippen LogP contribution in [-0.2, 0) is 29.0 Å². The number of aliphatic hydroxyl groups is 5. The van der Waals surface area contributed by atoms with Crippen LogP contribution in [0.25, 0.3) is 10.8 Å². The molecule has 0 aliphatic carbocycles. The Hall–Kier alpha value is -2.24. The summed E-state index contributed by atoms with van der Waals surface area (Å²) in [4.78, 5) is 15.4. The standard InChI is InChI=1S/C39H62N2O11S/c1-11-31-39(8,47)34(44)26(6)40(9)21-22(2)20-38(7,46)35(24(4)32(42)25(5)36(45)51-31)52-37-33(43)30(18-23(3)50-37)41(10)53(48,49)29-17-16-27-14-12-13-15-28(27)19-29/h12-17,19,22-26,30-35,37,42-44,46-47H,11,18,20-21H2,1-10H3/t22-,23-,24+,25-,26-,30-,31-,32+,33-,34-,35-,37-,38-,39-/m1/s1. The first-order valence-electron chi connectivity index (χ1n) is 18.7. The third-order valence-electron chi connectivity index (χ3n) is 11.7. The second kappa shape index (κ2) is 16.9. The minimum absolute atomic E-state index is 0.0671. The Labute approximate surface area is 314 Å². The smallest absolute Gasteiger partial charge is 0.311 e. The number of esters is 1. The first-order chi connectivity index (χ1) is 24.5. The number of ether oxygens (including phenoxy) is 3. The monoisotopic (exact) mass is 766 g/mol. The maximum absolute atomic E-state index is 14.0. The molecule has 4 rings (SSSR count). The highest BCUT2D eigenvalue weighted by molar-refractivity contribution is 7.89. The van der Waals surface area contributed by atoms with Gasteiger partial charge in [0.1, 0.15) is 23.9 Å². The minimum atomic E-state index is -4.09. The van der Waals surface area contributed by atoms with Crippen LogP contribution in [-0.4, -0.2) is 136 Å². The second-order valence-corrected chi connectivity index (χ2v) is 18.2. The zero-order valence-corrected chi connectivity index (χ0v) is 33.6. The lowest BCUT2D eigenvalue weighted by Gasteiger charge is -2.46. The van der Waals surface area contributed by atoms with E-state index in [9.17, 15) is 38.7 Å². The van der Waals surface area contributed by atoms with Crippen LogP contribution in [0.3, 0.4) is 0 Å². The summed E-state index contributed by atoms with van der Waals surface area (Å²) in [7, 11) is -0.892. The highest BCUT2D eigenvalue weighted by Crippen LogP contribution is 2.37. The summed E-state index contributed by atoms with van der Waals surface area (Å²) in [6.45, 7) is 13.6. The van der Waals surface area contributed by atoms with Crippen LogP contribution in [0.2, 0.25) is 0 Å². The molecule has 0 bridgehead atoms. The molecule has 2 aromatic rings. The topological polar surface area (TPSA) is 187 Å². The van der Waals surface area contributed by atoms with Gasteiger partial charge in [0.2, 0.25) is 10.0 Å². The molecule has 14 heteroatoms. The van der Waals surface area contributed by atoms with Gasteiger partial charge in [-0.25, -0.2) is 8.42 Å². The summed E-state index contributed by atoms with van der Waals surface area (Å²) in [6.07, 6.45) is -8.05. The number of carbonyl (C=O) groups is 1. The number of hydrogen-bond acceptors (Lipinski definition) is 12. The predicted molar refractivity (Wildman–Crippen MR) is 200 cm³/mol. The quantitative estimate of drug-likeness (QED) is 0.271. The van der Waals surface area contributed by atoms with Crippen molar-refractivity contribution in [1.82, 2.24) is 9.21 Å². The zero-order chi connectivity index (χ0) is 39.8. The molecule has 0 amide bonds. The Bertz CT molecular complexity index is 1650. The fourth-order valence-corrected chi connectivity index (χ4v) is 9.67. The molecule has 14 atom stereocenters. The van der Waals surface area contributed by atoms with Crippen LogP contribution >= 0.6 is 0 Å². The predicted octanol–water partition coefficient (Wildman–Crippen LogP) is 2.89. The van der Waals surface area contributed by atoms with E-state index in [2.05, 4.69) is 0 Å². The van der Waals surface area contributed by atoms with Crippen molar-refractivity contribution in [1.29, 1.82) is 0 Å². The molecule has 2 saturated heterocycles. The van der Waals surface area contributed by atoms with Gasteiger partial charge < -0.3 is 44.6 Å². The number of sulfonamides is 1. The highest BCUT2D eigenvalue weighted by Gasteiger charge is 2.50. The van der Waals surface area contributed by atoms with Crippen molar-refractivity contribution in [2.75, 3.05) is 20.6 Å². The first kappa shape index (κ1) is 43.5. The average Bonchev–Trinajstić information content (AvgIpc) is 3.10. The number of nitrogens with zero attached hydrogens (tertiary/aromatic N) is 2. The molecule has 0 saturated carbocycles. The van der Waals surface area contributed by atoms with Gasteiger partial charge in [-0.1, -0.05) is 51.1 Å². The average molecular weight is 767 g/mol. The number of carbonyl (C=O) groups excluding carboxylic acids is 1. The van der Waals surface area contributed by atoms with E-state index < -0.39 is 94.0 Å². The number of fused-ring (bicyclic) bond motifs is 1. The van der Waals surface area contributed by atoms with E-state index in [0.717, 1.165) is 15.1 Å². The van der Waals surface area contributed by atoms with Crippen molar-refractivity contribution in [3.8, 4) is 0 Å². The molecule has 2 heterocycles. The van der Waals surface area contributed by atoms with Crippen LogP contribution in [0.4, 0.5) is 0 Å². The van der Waals surface area contributed by atoms with Gasteiger partial charge in [-0.2, -0.15) is 4.31 Å². The Balaban J connectivity index is 1.67. The third kappa shape index (κ3) is 9.25. The number of cyclic esters (lactones) is 1. The minimum Gasteiger partial charge on any atom is -0.459 e. The second-order valence-electron chi connectivity index (χ2n) is 16.2. The molecule has 13 nitrogen and oxygen atoms in total. The van der Waals surface area contributed by atoms with Gasteiger partial charge in [0.15, 0.2) is 6.29 Å². The molecule has 2 aliphatic heterocycles. The van der Waals surface area contributed by atoms with Crippen LogP contribution in [0.5, 0.6) is 0 Å². The van der Waals surface area contributed by atoms with Crippen molar-refractivity contribution >= 4 is 26.8 Å². The molecule has 53 heavy (non-hydrogen) atoms. The van der Waals surface area contributed by atoms with Crippen molar-refractivity contribution in [2.45, 2.75) is 146 Å². The van der Waals surface area contributed by atoms with E-state index in [1.54, 1.807) is 53.8 Å². The van der Waals surface area contributed by atoms with E-state index in [1.165, 1.54) is 27.0 Å². The van der Waals surface area contributed by atoms with E-state index >= 15 is 0 Å². The largest absolute Gasteiger partial charge is 0.459 e. The number of likely N-dealkylation sites (N-methyl/N-ethyl adjacent to an activating group) is 2. The molecule has 0 spiro atoms. The van der Waals surface area contributed by atoms with Crippen molar-refractivity contribution in [2.24, 2.45) is 17.8 Å². The highest BCUT2D eigenvalue weighted by atomic mass is 32.2. The van der Waals surface area contributed by atoms with Crippen molar-refractivity contribution in [3.05, 3.63) is 42.5 Å². The van der Waals surface area contributed by atoms with Crippen molar-refractivity contribution < 1.29 is 53.0 Å². The maximum Gasteiger partial charge on any atom is 0.311 e. The summed E-state index contributed by atoms with van der Waals surface area (Å²) in [5, 5.41) is 60.0. The fraction of sp³-hybridized carbons (Fsp3) is 0.718. The Kier molecular flexibility index (Phi) is 13.8. The van der Waals surface area contributed by atoms with Crippen LogP contribution < -0.4 is 0 Å². The van der Waals surface area contributed by atoms with Crippen molar-refractivity contribution in [3.63, 3.8) is 0 Å². The van der Waals surface area contributed by atoms with E-state index in [-0.39, 0.29) is 30.1 Å². The normalized spacial score (nSPS) is 40.4. The van der Waals surface area contributed by atoms with Crippen LogP contribution in [0.1, 0.15) is 74.7 Å². The maximum atomic E-state index is 14.0. The molecular formula is C39H62N2O11S. The van der Waals surface area contributed by atoms with Gasteiger partial charge in [0.05, 0.1) is 40.8 Å². The number of rotatable bonds is 6. The fourth-order valence-electron chi connectivity index (χ4n) is 8.26. The molecular weight excluding hydrogens is 704 g/mol. The van der Waals surface area contributed by atoms with Gasteiger partial charge in [-0.3, -0.25) is 4.79 Å². The summed E-state index contributed by atoms with van der Waals surface area (Å²) in [5.41, 5.74) is -3.49. The van der Waals surface area contributed by atoms with Gasteiger partial charge in [0.25, 0.3) is 0 Å². The van der Waals surface area contributed by atoms with Crippen LogP contribution in [0, 0.1) is 17.8 Å². The number of aliphatic hydroxyl groups excluding tert-OH is 3. The van der Waals surface area contributed by atoms with E-state index in [4.69, 9.17) is 14.2 Å². The summed E-state index contributed by atoms with van der Waals surface area (Å²) < 4.78 is 47.3. The molecule has 300 valence electrons. The number of hydrogen-bond donors (Lipinski definition) is 5. The van der Waals surface area contributed by atoms with Gasteiger partial charge >= 0.3 is 5.97 Å². The lowest BCUT2D eigenvalue weighted by Crippen LogP contribution is -2.60. The Morgan fingerprint density at radius 2 is 1.60 bits per heavy atom. The van der Waals surface area contributed by atoms with E-state index in [0.29, 0.717) is 6.54 Å². The summed E-state index contributed by atoms with van der Waals surface area (Å²) in [5.74, 6) is -3.12. The molecule has 5 N–H and O–H groups in total. The summed E-state index contributed by atoms with van der Waals surface area (Å²) in [6, 6.07) is 10.7. The zero-order valence-electron chi connectivity index (χ0n) is 32.8. The lowest BCUT2D eigenvalue weighted by atomic mass is 9.78. The van der Waals surface area contributed by atoms with Gasteiger partial charge in [-0.05, 0) is 89.8 Å². The Morgan fingerprint density at radius 3 is 2.23 bits per heavy atom. The van der Waals surface area contributed by atoms with E-state index in [1.807, 2.05) is 36.1 Å². The molecule has 0 unspecified atom stereocenters. The SMILES string of the molecule is CC[C@H]1OC(=O)[C@H](C)[C@@H](O)[C@H](C)[C@@H](O[C@H]2O[C@H](C)C[C@@H](N(C)S(=O)(=O)c3ccc4ccccc4c3)[C@H]2O)[C@](C)(O)C[C@@H](C)CN(C)[C@H](C)[C@@H](O)[C@]1(C)O. The Morgan fingerprint density at radius 1 is 0.981 bits per heavy atom. The van der Waals surface area contributed by atoms with Gasteiger partial charge in [0, 0.05) is 25.6 Å². The van der Waals surface area contributed by atoms with Crippen LogP contribution in [0.15, 0.2) is 47.4 Å².